The zero-order valence-corrected chi connectivity index (χ0v) is 11.1. The molecular formula is C18H16O2. The van der Waals surface area contributed by atoms with Crippen LogP contribution in [-0.4, -0.2) is 11.1 Å². The molecule has 0 fully saturated rings. The average molecular weight is 264 g/mol. The number of allylic oxidation sites excluding steroid dienone is 2. The molecule has 0 unspecified atom stereocenters. The van der Waals surface area contributed by atoms with Crippen LogP contribution in [0, 0.1) is 0 Å². The highest BCUT2D eigenvalue weighted by atomic mass is 16.4. The van der Waals surface area contributed by atoms with Crippen molar-refractivity contribution < 1.29 is 9.90 Å². The summed E-state index contributed by atoms with van der Waals surface area (Å²) in [6, 6.07) is 18.8. The van der Waals surface area contributed by atoms with Crippen molar-refractivity contribution in [3.8, 4) is 0 Å². The van der Waals surface area contributed by atoms with Gasteiger partial charge >= 0.3 is 5.97 Å². The normalized spacial score (nSPS) is 11.6. The summed E-state index contributed by atoms with van der Waals surface area (Å²) in [7, 11) is 0. The van der Waals surface area contributed by atoms with Crippen LogP contribution in [0.25, 0.3) is 11.1 Å². The summed E-state index contributed by atoms with van der Waals surface area (Å²) in [6.07, 6.45) is 2.24. The third-order valence-corrected chi connectivity index (χ3v) is 3.05. The molecule has 2 aromatic rings. The number of carboxylic acids is 1. The molecule has 0 heterocycles. The van der Waals surface area contributed by atoms with Gasteiger partial charge in [0.25, 0.3) is 0 Å². The van der Waals surface area contributed by atoms with E-state index >= 15 is 0 Å². The maximum absolute atomic E-state index is 11.7. The summed E-state index contributed by atoms with van der Waals surface area (Å²) in [5, 5.41) is 9.59. The van der Waals surface area contributed by atoms with Crippen LogP contribution >= 0.6 is 0 Å². The maximum atomic E-state index is 11.7. The fourth-order valence-corrected chi connectivity index (χ4v) is 2.18. The van der Waals surface area contributed by atoms with Crippen molar-refractivity contribution in [2.75, 3.05) is 0 Å². The summed E-state index contributed by atoms with van der Waals surface area (Å²) in [5.74, 6) is -0.920. The second-order valence-corrected chi connectivity index (χ2v) is 4.38. The first kappa shape index (κ1) is 13.8. The van der Waals surface area contributed by atoms with Crippen molar-refractivity contribution in [1.82, 2.24) is 0 Å². The van der Waals surface area contributed by atoms with Gasteiger partial charge in [-0.05, 0) is 23.1 Å². The Balaban J connectivity index is 2.67. The van der Waals surface area contributed by atoms with Crippen LogP contribution in [0.1, 0.15) is 17.5 Å². The Labute approximate surface area is 118 Å². The quantitative estimate of drug-likeness (QED) is 0.498. The van der Waals surface area contributed by atoms with Crippen molar-refractivity contribution in [2.45, 2.75) is 6.42 Å². The predicted octanol–water partition coefficient (Wildman–Crippen LogP) is 4.26. The SMILES string of the molecule is C=CCC(=C(C(=O)O)c1ccccc1)c1ccccc1. The second kappa shape index (κ2) is 6.53. The molecule has 0 aliphatic heterocycles. The molecular weight excluding hydrogens is 248 g/mol. The van der Waals surface area contributed by atoms with Crippen molar-refractivity contribution >= 4 is 17.1 Å². The van der Waals surface area contributed by atoms with E-state index in [1.807, 2.05) is 60.7 Å². The van der Waals surface area contributed by atoms with E-state index in [-0.39, 0.29) is 0 Å². The minimum absolute atomic E-state index is 0.330. The van der Waals surface area contributed by atoms with Crippen LogP contribution in [0.2, 0.25) is 0 Å². The highest BCUT2D eigenvalue weighted by molar-refractivity contribution is 6.23. The van der Waals surface area contributed by atoms with E-state index < -0.39 is 5.97 Å². The molecule has 2 heteroatoms. The Bertz CT molecular complexity index is 625. The van der Waals surface area contributed by atoms with E-state index in [1.54, 1.807) is 6.08 Å². The molecule has 1 N–H and O–H groups in total. The number of hydrogen-bond donors (Lipinski definition) is 1. The summed E-state index contributed by atoms with van der Waals surface area (Å²) < 4.78 is 0. The number of hydrogen-bond acceptors (Lipinski definition) is 1. The lowest BCUT2D eigenvalue weighted by atomic mass is 9.92. The van der Waals surface area contributed by atoms with E-state index in [0.717, 1.165) is 11.1 Å². The lowest BCUT2D eigenvalue weighted by Crippen LogP contribution is -2.03. The van der Waals surface area contributed by atoms with Gasteiger partial charge in [-0.3, -0.25) is 0 Å². The zero-order valence-electron chi connectivity index (χ0n) is 11.1. The van der Waals surface area contributed by atoms with Crippen LogP contribution in [0.3, 0.4) is 0 Å². The van der Waals surface area contributed by atoms with E-state index in [4.69, 9.17) is 0 Å². The molecule has 0 spiro atoms. The van der Waals surface area contributed by atoms with Crippen molar-refractivity contribution in [3.63, 3.8) is 0 Å². The summed E-state index contributed by atoms with van der Waals surface area (Å²) in [5.41, 5.74) is 2.73. The Morgan fingerprint density at radius 1 is 0.950 bits per heavy atom. The van der Waals surface area contributed by atoms with E-state index in [0.29, 0.717) is 17.6 Å². The standard InChI is InChI=1S/C18H16O2/c1-2-9-16(14-10-5-3-6-11-14)17(18(19)20)15-12-7-4-8-13-15/h2-8,10-13H,1,9H2,(H,19,20). The third kappa shape index (κ3) is 3.04. The lowest BCUT2D eigenvalue weighted by molar-refractivity contribution is -0.130. The minimum Gasteiger partial charge on any atom is -0.478 e. The van der Waals surface area contributed by atoms with E-state index in [9.17, 15) is 9.90 Å². The summed E-state index contributed by atoms with van der Waals surface area (Å²) in [6.45, 7) is 3.73. The lowest BCUT2D eigenvalue weighted by Gasteiger charge is -2.12. The zero-order chi connectivity index (χ0) is 14.4. The molecule has 0 aromatic heterocycles. The minimum atomic E-state index is -0.920. The highest BCUT2D eigenvalue weighted by Gasteiger charge is 2.16. The smallest absolute Gasteiger partial charge is 0.336 e. The molecule has 0 bridgehead atoms. The highest BCUT2D eigenvalue weighted by Crippen LogP contribution is 2.29. The molecule has 2 aromatic carbocycles. The first-order chi connectivity index (χ1) is 9.74. The van der Waals surface area contributed by atoms with Crippen LogP contribution in [0.5, 0.6) is 0 Å². The summed E-state index contributed by atoms with van der Waals surface area (Å²) >= 11 is 0. The fourth-order valence-electron chi connectivity index (χ4n) is 2.18. The number of rotatable bonds is 5. The fraction of sp³-hybridized carbons (Fsp3) is 0.0556. The largest absolute Gasteiger partial charge is 0.478 e. The van der Waals surface area contributed by atoms with Gasteiger partial charge in [-0.25, -0.2) is 4.79 Å². The molecule has 100 valence electrons. The van der Waals surface area contributed by atoms with Gasteiger partial charge in [-0.1, -0.05) is 66.7 Å². The van der Waals surface area contributed by atoms with Gasteiger partial charge in [-0.2, -0.15) is 0 Å². The first-order valence-corrected chi connectivity index (χ1v) is 6.42. The molecule has 0 aliphatic rings. The Morgan fingerprint density at radius 2 is 1.45 bits per heavy atom. The van der Waals surface area contributed by atoms with Gasteiger partial charge in [0, 0.05) is 0 Å². The number of carboxylic acid groups (broad SMARTS) is 1. The van der Waals surface area contributed by atoms with Crippen molar-refractivity contribution in [2.24, 2.45) is 0 Å². The van der Waals surface area contributed by atoms with Crippen LogP contribution in [0.4, 0.5) is 0 Å². The molecule has 20 heavy (non-hydrogen) atoms. The van der Waals surface area contributed by atoms with Crippen molar-refractivity contribution in [1.29, 1.82) is 0 Å². The number of aliphatic carboxylic acids is 1. The van der Waals surface area contributed by atoms with Crippen LogP contribution in [-0.2, 0) is 4.79 Å². The maximum Gasteiger partial charge on any atom is 0.336 e. The molecule has 0 amide bonds. The topological polar surface area (TPSA) is 37.3 Å². The average Bonchev–Trinajstić information content (AvgIpc) is 2.48. The first-order valence-electron chi connectivity index (χ1n) is 6.42. The Hall–Kier alpha value is -2.61. The Kier molecular flexibility index (Phi) is 4.51. The molecule has 0 atom stereocenters. The van der Waals surface area contributed by atoms with Gasteiger partial charge < -0.3 is 5.11 Å². The third-order valence-electron chi connectivity index (χ3n) is 3.05. The molecule has 2 rings (SSSR count). The van der Waals surface area contributed by atoms with E-state index in [1.165, 1.54) is 0 Å². The van der Waals surface area contributed by atoms with E-state index in [2.05, 4.69) is 6.58 Å². The predicted molar refractivity (Wildman–Crippen MR) is 82.1 cm³/mol. The monoisotopic (exact) mass is 264 g/mol. The number of benzene rings is 2. The van der Waals surface area contributed by atoms with Crippen LogP contribution < -0.4 is 0 Å². The number of carbonyl (C=O) groups is 1. The van der Waals surface area contributed by atoms with Gasteiger partial charge in [-0.15, -0.1) is 6.58 Å². The second-order valence-electron chi connectivity index (χ2n) is 4.38. The van der Waals surface area contributed by atoms with Gasteiger partial charge in [0.05, 0.1) is 5.57 Å². The van der Waals surface area contributed by atoms with Crippen molar-refractivity contribution in [3.05, 3.63) is 84.4 Å². The molecule has 0 radical (unpaired) electrons. The molecule has 2 nitrogen and oxygen atoms in total. The summed E-state index contributed by atoms with van der Waals surface area (Å²) in [4.78, 5) is 11.7. The Morgan fingerprint density at radius 3 is 1.90 bits per heavy atom. The van der Waals surface area contributed by atoms with Gasteiger partial charge in [0.1, 0.15) is 0 Å². The molecule has 0 aliphatic carbocycles. The van der Waals surface area contributed by atoms with Gasteiger partial charge in [0.2, 0.25) is 0 Å². The molecule has 0 saturated carbocycles. The van der Waals surface area contributed by atoms with Crippen LogP contribution in [0.15, 0.2) is 73.3 Å². The molecule has 0 saturated heterocycles. The van der Waals surface area contributed by atoms with Gasteiger partial charge in [0.15, 0.2) is 0 Å².